The number of aryl methyl sites for hydroxylation is 1. The lowest BCUT2D eigenvalue weighted by atomic mass is 9.55. The molecule has 0 spiro atoms. The van der Waals surface area contributed by atoms with Crippen LogP contribution >= 0.6 is 0 Å². The molecule has 5 unspecified atom stereocenters. The van der Waals surface area contributed by atoms with E-state index in [-0.39, 0.29) is 36.3 Å². The average molecular weight is 398 g/mol. The molecule has 2 saturated carbocycles. The first-order valence-corrected chi connectivity index (χ1v) is 10.9. The third kappa shape index (κ3) is 3.72. The molecule has 0 saturated heterocycles. The number of carbonyl (C=O) groups is 3. The molecule has 0 heterocycles. The van der Waals surface area contributed by atoms with Crippen LogP contribution in [0.5, 0.6) is 5.75 Å². The minimum absolute atomic E-state index is 0.0560. The van der Waals surface area contributed by atoms with Crippen molar-refractivity contribution in [1.29, 1.82) is 0 Å². The van der Waals surface area contributed by atoms with Gasteiger partial charge in [-0.25, -0.2) is 0 Å². The van der Waals surface area contributed by atoms with Gasteiger partial charge in [-0.05, 0) is 79.5 Å². The largest absolute Gasteiger partial charge is 0.462 e. The molecule has 5 nitrogen and oxygen atoms in total. The maximum atomic E-state index is 11.8. The van der Waals surface area contributed by atoms with Gasteiger partial charge in [0.1, 0.15) is 18.1 Å². The van der Waals surface area contributed by atoms with E-state index in [0.29, 0.717) is 23.5 Å². The summed E-state index contributed by atoms with van der Waals surface area (Å²) in [7, 11) is 0. The van der Waals surface area contributed by atoms with Gasteiger partial charge in [-0.1, -0.05) is 13.0 Å². The van der Waals surface area contributed by atoms with Gasteiger partial charge in [-0.15, -0.1) is 0 Å². The fraction of sp³-hybridized carbons (Fsp3) is 0.625. The van der Waals surface area contributed by atoms with Crippen molar-refractivity contribution in [3.63, 3.8) is 0 Å². The fourth-order valence-electron chi connectivity index (χ4n) is 6.33. The summed E-state index contributed by atoms with van der Waals surface area (Å²) in [5.74, 6) is 1.81. The van der Waals surface area contributed by atoms with E-state index < -0.39 is 0 Å². The first-order chi connectivity index (χ1) is 13.9. The van der Waals surface area contributed by atoms with Crippen molar-refractivity contribution in [1.82, 2.24) is 0 Å². The van der Waals surface area contributed by atoms with E-state index in [4.69, 9.17) is 9.47 Å². The Labute approximate surface area is 172 Å². The third-order valence-corrected chi connectivity index (χ3v) is 7.62. The summed E-state index contributed by atoms with van der Waals surface area (Å²) in [5.41, 5.74) is 2.77. The van der Waals surface area contributed by atoms with Crippen molar-refractivity contribution in [3.8, 4) is 5.75 Å². The third-order valence-electron chi connectivity index (χ3n) is 7.62. The molecule has 0 aromatic heterocycles. The molecule has 0 aliphatic heterocycles. The van der Waals surface area contributed by atoms with Gasteiger partial charge in [0.15, 0.2) is 0 Å². The normalized spacial score (nSPS) is 32.5. The zero-order valence-electron chi connectivity index (χ0n) is 17.3. The Balaban J connectivity index is 1.50. The molecule has 156 valence electrons. The second-order valence-electron chi connectivity index (χ2n) is 9.18. The summed E-state index contributed by atoms with van der Waals surface area (Å²) >= 11 is 0. The monoisotopic (exact) mass is 398 g/mol. The van der Waals surface area contributed by atoms with Crippen LogP contribution in [0, 0.1) is 17.3 Å². The first kappa shape index (κ1) is 20.1. The number of benzene rings is 1. The van der Waals surface area contributed by atoms with E-state index in [2.05, 4.69) is 13.0 Å². The summed E-state index contributed by atoms with van der Waals surface area (Å²) in [6, 6.07) is 6.04. The number of fused-ring (bicyclic) bond motifs is 5. The lowest BCUT2D eigenvalue weighted by molar-refractivity contribution is -0.154. The molecule has 0 N–H and O–H groups in total. The molecular weight excluding hydrogens is 368 g/mol. The van der Waals surface area contributed by atoms with Crippen LogP contribution in [0.25, 0.3) is 0 Å². The van der Waals surface area contributed by atoms with Crippen molar-refractivity contribution in [3.05, 3.63) is 29.3 Å². The molecule has 5 heteroatoms. The first-order valence-electron chi connectivity index (χ1n) is 10.9. The van der Waals surface area contributed by atoms with Gasteiger partial charge in [0.05, 0.1) is 6.42 Å². The van der Waals surface area contributed by atoms with Gasteiger partial charge in [0.2, 0.25) is 0 Å². The summed E-state index contributed by atoms with van der Waals surface area (Å²) in [4.78, 5) is 33.8. The highest BCUT2D eigenvalue weighted by atomic mass is 16.5. The lowest BCUT2D eigenvalue weighted by Crippen LogP contribution is -2.45. The Morgan fingerprint density at radius 3 is 2.79 bits per heavy atom. The molecule has 0 bridgehead atoms. The van der Waals surface area contributed by atoms with Crippen molar-refractivity contribution >= 4 is 18.2 Å². The quantitative estimate of drug-likeness (QED) is 0.419. The highest BCUT2D eigenvalue weighted by Gasteiger charge is 2.56. The summed E-state index contributed by atoms with van der Waals surface area (Å²) < 4.78 is 11.1. The molecule has 2 fully saturated rings. The fourth-order valence-corrected chi connectivity index (χ4v) is 6.33. The highest BCUT2D eigenvalue weighted by molar-refractivity contribution is 5.75. The zero-order valence-corrected chi connectivity index (χ0v) is 17.3. The van der Waals surface area contributed by atoms with Crippen LogP contribution in [-0.2, 0) is 25.5 Å². The maximum absolute atomic E-state index is 11.8. The van der Waals surface area contributed by atoms with Gasteiger partial charge in [-0.2, -0.15) is 0 Å². The molecule has 3 aliphatic rings. The Morgan fingerprint density at radius 1 is 1.21 bits per heavy atom. The second kappa shape index (κ2) is 7.92. The molecule has 0 radical (unpaired) electrons. The Bertz CT molecular complexity index is 815. The van der Waals surface area contributed by atoms with E-state index in [1.54, 1.807) is 0 Å². The number of ether oxygens (including phenoxy) is 2. The topological polar surface area (TPSA) is 69.7 Å². The molecule has 4 rings (SSSR count). The summed E-state index contributed by atoms with van der Waals surface area (Å²) in [6.07, 6.45) is 7.54. The highest BCUT2D eigenvalue weighted by Crippen LogP contribution is 2.61. The summed E-state index contributed by atoms with van der Waals surface area (Å²) in [5, 5.41) is 0. The van der Waals surface area contributed by atoms with Crippen molar-refractivity contribution in [2.24, 2.45) is 17.3 Å². The van der Waals surface area contributed by atoms with Crippen LogP contribution in [-0.4, -0.2) is 24.3 Å². The van der Waals surface area contributed by atoms with Crippen molar-refractivity contribution < 1.29 is 23.9 Å². The molecule has 0 amide bonds. The average Bonchev–Trinajstić information content (AvgIpc) is 3.02. The Morgan fingerprint density at radius 2 is 2.03 bits per heavy atom. The zero-order chi connectivity index (χ0) is 20.6. The molecule has 3 aliphatic carbocycles. The van der Waals surface area contributed by atoms with Crippen LogP contribution in [0.15, 0.2) is 18.2 Å². The number of esters is 2. The van der Waals surface area contributed by atoms with Crippen molar-refractivity contribution in [2.45, 2.75) is 77.2 Å². The lowest BCUT2D eigenvalue weighted by Gasteiger charge is -2.50. The summed E-state index contributed by atoms with van der Waals surface area (Å²) in [6.45, 7) is 3.84. The van der Waals surface area contributed by atoms with Crippen LogP contribution in [0.1, 0.15) is 75.8 Å². The Kier molecular flexibility index (Phi) is 5.50. The van der Waals surface area contributed by atoms with Crippen LogP contribution in [0.2, 0.25) is 0 Å². The van der Waals surface area contributed by atoms with Crippen LogP contribution in [0.3, 0.4) is 0 Å². The van der Waals surface area contributed by atoms with Gasteiger partial charge in [0.25, 0.3) is 0 Å². The molecular formula is C24H30O5. The number of hydrogen-bond donors (Lipinski definition) is 0. The SMILES string of the molecule is CC(=O)OC1CCC2C3CCc4cc(OC(=O)CCC=O)ccc4C3CCC12C. The van der Waals surface area contributed by atoms with Gasteiger partial charge in [-0.3, -0.25) is 9.59 Å². The van der Waals surface area contributed by atoms with E-state index >= 15 is 0 Å². The molecule has 5 atom stereocenters. The predicted molar refractivity (Wildman–Crippen MR) is 108 cm³/mol. The maximum Gasteiger partial charge on any atom is 0.311 e. The molecule has 1 aromatic rings. The van der Waals surface area contributed by atoms with Crippen LogP contribution in [0.4, 0.5) is 0 Å². The van der Waals surface area contributed by atoms with E-state index in [0.717, 1.165) is 44.8 Å². The molecule has 1 aromatic carbocycles. The predicted octanol–water partition coefficient (Wildman–Crippen LogP) is 4.36. The van der Waals surface area contributed by atoms with Crippen LogP contribution < -0.4 is 4.74 Å². The van der Waals surface area contributed by atoms with Gasteiger partial charge in [0, 0.05) is 18.8 Å². The van der Waals surface area contributed by atoms with E-state index in [1.165, 1.54) is 18.1 Å². The number of rotatable bonds is 5. The van der Waals surface area contributed by atoms with Gasteiger partial charge < -0.3 is 14.3 Å². The number of hydrogen-bond acceptors (Lipinski definition) is 5. The van der Waals surface area contributed by atoms with Gasteiger partial charge >= 0.3 is 11.9 Å². The number of aldehydes is 1. The molecule has 29 heavy (non-hydrogen) atoms. The minimum atomic E-state index is -0.360. The standard InChI is InChI=1S/C24H30O5/c1-15(26)28-22-10-9-21-20-7-5-16-14-17(29-23(27)4-3-13-25)6-8-18(16)19(20)11-12-24(21,22)2/h6,8,13-14,19-22H,3-5,7,9-12H2,1-2H3. The van der Waals surface area contributed by atoms with Crippen molar-refractivity contribution in [2.75, 3.05) is 0 Å². The van der Waals surface area contributed by atoms with E-state index in [1.807, 2.05) is 12.1 Å². The van der Waals surface area contributed by atoms with E-state index in [9.17, 15) is 14.4 Å². The number of carbonyl (C=O) groups excluding carboxylic acids is 3. The minimum Gasteiger partial charge on any atom is -0.462 e. The smallest absolute Gasteiger partial charge is 0.311 e. The Hall–Kier alpha value is -2.17. The second-order valence-corrected chi connectivity index (χ2v) is 9.18.